The molecule has 182 valence electrons. The molecule has 1 aromatic heterocycles. The van der Waals surface area contributed by atoms with E-state index in [-0.39, 0.29) is 30.9 Å². The summed E-state index contributed by atoms with van der Waals surface area (Å²) in [6.07, 6.45) is 9.52. The van der Waals surface area contributed by atoms with E-state index >= 15 is 0 Å². The average Bonchev–Trinajstić information content (AvgIpc) is 3.19. The fourth-order valence-corrected chi connectivity index (χ4v) is 4.73. The molecule has 3 atom stereocenters. The van der Waals surface area contributed by atoms with Gasteiger partial charge in [-0.05, 0) is 12.8 Å². The van der Waals surface area contributed by atoms with Crippen molar-refractivity contribution in [2.75, 3.05) is 4.93 Å². The van der Waals surface area contributed by atoms with Crippen LogP contribution in [0.4, 0.5) is 8.78 Å². The number of alkyl halides is 3. The van der Waals surface area contributed by atoms with Crippen LogP contribution in [0.25, 0.3) is 16.6 Å². The summed E-state index contributed by atoms with van der Waals surface area (Å²) in [6, 6.07) is 5.10. The van der Waals surface area contributed by atoms with Crippen molar-refractivity contribution in [2.24, 2.45) is 5.92 Å². The van der Waals surface area contributed by atoms with Crippen LogP contribution in [0, 0.1) is 11.7 Å². The second kappa shape index (κ2) is 13.6. The van der Waals surface area contributed by atoms with Gasteiger partial charge in [-0.3, -0.25) is 4.79 Å². The van der Waals surface area contributed by atoms with Crippen LogP contribution in [0.2, 0.25) is 0 Å². The topological polar surface area (TPSA) is 51.5 Å². The number of allylic oxidation sites excluding steroid dienone is 3. The van der Waals surface area contributed by atoms with Gasteiger partial charge in [-0.1, -0.05) is 12.2 Å². The van der Waals surface area contributed by atoms with E-state index in [0.29, 0.717) is 31.2 Å². The van der Waals surface area contributed by atoms with Crippen molar-refractivity contribution in [3.8, 4) is 0 Å². The molecule has 2 rings (SSSR count). The van der Waals surface area contributed by atoms with Crippen molar-refractivity contribution in [1.29, 1.82) is 0 Å². The standard InChI is InChI=1S/C26H33F2INO3/c1-5-22(10-8-6-7-9-11-26(31)32)33-17-21-16-24-20(15-23(21)27)12-13-30(24)19(3)18(2)14-25(28)29-4/h5-7,12-13,15-16,18,22,25H,1,3,8-11,14,17H2,2,4H3,(H,31,32)/q-1/b7-6-. The van der Waals surface area contributed by atoms with Crippen molar-refractivity contribution in [3.05, 3.63) is 67.2 Å². The van der Waals surface area contributed by atoms with E-state index in [2.05, 4.69) is 13.2 Å². The van der Waals surface area contributed by atoms with E-state index in [0.717, 1.165) is 16.6 Å². The van der Waals surface area contributed by atoms with Gasteiger partial charge in [0.05, 0.1) is 0 Å². The fraction of sp³-hybridized carbons (Fsp3) is 0.423. The van der Waals surface area contributed by atoms with Gasteiger partial charge in [0, 0.05) is 6.42 Å². The third-order valence-electron chi connectivity index (χ3n) is 5.53. The second-order valence-electron chi connectivity index (χ2n) is 7.99. The van der Waals surface area contributed by atoms with Crippen molar-refractivity contribution >= 4 is 22.6 Å². The molecule has 0 spiro atoms. The van der Waals surface area contributed by atoms with Gasteiger partial charge in [-0.15, -0.1) is 6.58 Å². The van der Waals surface area contributed by atoms with Gasteiger partial charge in [0.1, 0.15) is 0 Å². The molecular weight excluding hydrogens is 539 g/mol. The SMILES string of the molecule is C=CC(CC/C=C\CCC(=O)O)OCc1cc2c(ccn2C(=C)C(C)CC(F)[I-]C)cc1F. The summed E-state index contributed by atoms with van der Waals surface area (Å²) in [5.74, 6) is -1.17. The molecule has 0 bridgehead atoms. The van der Waals surface area contributed by atoms with Gasteiger partial charge in [0.15, 0.2) is 0 Å². The van der Waals surface area contributed by atoms with Gasteiger partial charge in [-0.2, -0.15) is 0 Å². The van der Waals surface area contributed by atoms with Gasteiger partial charge < -0.3 is 5.11 Å². The van der Waals surface area contributed by atoms with Crippen molar-refractivity contribution in [2.45, 2.75) is 55.9 Å². The van der Waals surface area contributed by atoms with Crippen LogP contribution in [0.1, 0.15) is 44.6 Å². The van der Waals surface area contributed by atoms with E-state index < -0.39 is 31.4 Å². The first kappa shape index (κ1) is 27.2. The number of aliphatic carboxylic acids is 1. The third kappa shape index (κ3) is 8.37. The van der Waals surface area contributed by atoms with E-state index in [1.807, 2.05) is 40.8 Å². The monoisotopic (exact) mass is 572 g/mol. The van der Waals surface area contributed by atoms with Gasteiger partial charge in [0.25, 0.3) is 0 Å². The number of hydrogen-bond donors (Lipinski definition) is 1. The zero-order valence-electron chi connectivity index (χ0n) is 19.3. The number of rotatable bonds is 15. The number of benzene rings is 1. The molecule has 1 aromatic carbocycles. The molecule has 0 saturated carbocycles. The quantitative estimate of drug-likeness (QED) is 0.202. The molecule has 0 aliphatic rings. The van der Waals surface area contributed by atoms with Gasteiger partial charge in [0.2, 0.25) is 0 Å². The van der Waals surface area contributed by atoms with E-state index in [9.17, 15) is 13.6 Å². The van der Waals surface area contributed by atoms with Crippen LogP contribution in [0.3, 0.4) is 0 Å². The van der Waals surface area contributed by atoms with Crippen LogP contribution >= 0.6 is 0 Å². The van der Waals surface area contributed by atoms with Gasteiger partial charge in [-0.25, -0.2) is 0 Å². The first-order chi connectivity index (χ1) is 15.8. The Kier molecular flexibility index (Phi) is 11.3. The normalized spacial score (nSPS) is 14.5. The third-order valence-corrected chi connectivity index (χ3v) is 7.39. The summed E-state index contributed by atoms with van der Waals surface area (Å²) in [5, 5.41) is 9.41. The number of hydrogen-bond acceptors (Lipinski definition) is 2. The molecule has 0 fully saturated rings. The Morgan fingerprint density at radius 3 is 2.73 bits per heavy atom. The minimum atomic E-state index is -0.816. The number of aromatic nitrogens is 1. The Morgan fingerprint density at radius 2 is 2.06 bits per heavy atom. The van der Waals surface area contributed by atoms with Crippen molar-refractivity contribution in [3.63, 3.8) is 0 Å². The first-order valence-electron chi connectivity index (χ1n) is 11.0. The number of nitrogens with zero attached hydrogens (tertiary/aromatic N) is 1. The number of carbonyl (C=O) groups is 1. The minimum absolute atomic E-state index is 0.0197. The Hall–Kier alpha value is -2.00. The Balaban J connectivity index is 2.04. The zero-order valence-corrected chi connectivity index (χ0v) is 21.4. The average molecular weight is 572 g/mol. The molecule has 2 aromatic rings. The molecule has 1 heterocycles. The Labute approximate surface area is 205 Å². The van der Waals surface area contributed by atoms with E-state index in [4.69, 9.17) is 9.84 Å². The van der Waals surface area contributed by atoms with Crippen LogP contribution in [0.5, 0.6) is 0 Å². The molecule has 0 radical (unpaired) electrons. The molecule has 0 saturated heterocycles. The predicted octanol–water partition coefficient (Wildman–Crippen LogP) is 3.56. The summed E-state index contributed by atoms with van der Waals surface area (Å²) in [6.45, 7) is 10.0. The molecule has 1 N–H and O–H groups in total. The first-order valence-corrected chi connectivity index (χ1v) is 14.4. The summed E-state index contributed by atoms with van der Waals surface area (Å²) < 4.78 is 35.6. The van der Waals surface area contributed by atoms with Crippen LogP contribution in [0.15, 0.2) is 55.8 Å². The summed E-state index contributed by atoms with van der Waals surface area (Å²) in [7, 11) is 0. The van der Waals surface area contributed by atoms with Crippen LogP contribution < -0.4 is 21.2 Å². The Bertz CT molecular complexity index is 985. The number of halogens is 3. The summed E-state index contributed by atoms with van der Waals surface area (Å²) in [4.78, 5) is 12.5. The molecule has 0 aliphatic carbocycles. The van der Waals surface area contributed by atoms with Crippen LogP contribution in [-0.4, -0.2) is 30.9 Å². The molecule has 7 heteroatoms. The van der Waals surface area contributed by atoms with Crippen molar-refractivity contribution in [1.82, 2.24) is 4.57 Å². The maximum absolute atomic E-state index is 14.7. The number of ether oxygens (including phenoxy) is 1. The predicted molar refractivity (Wildman–Crippen MR) is 126 cm³/mol. The number of carboxylic acid groups (broad SMARTS) is 1. The summed E-state index contributed by atoms with van der Waals surface area (Å²) >= 11 is -0.462. The molecular formula is C26H33F2INO3-. The van der Waals surface area contributed by atoms with Crippen molar-refractivity contribution < 1.29 is 44.6 Å². The molecule has 3 unspecified atom stereocenters. The number of fused-ring (bicyclic) bond motifs is 1. The molecule has 33 heavy (non-hydrogen) atoms. The zero-order chi connectivity index (χ0) is 24.4. The van der Waals surface area contributed by atoms with Gasteiger partial charge >= 0.3 is 158 Å². The van der Waals surface area contributed by atoms with E-state index in [1.54, 1.807) is 12.1 Å². The second-order valence-corrected chi connectivity index (χ2v) is 10.6. The number of carboxylic acids is 1. The van der Waals surface area contributed by atoms with E-state index in [1.165, 1.54) is 6.07 Å². The summed E-state index contributed by atoms with van der Waals surface area (Å²) in [5.41, 5.74) is 2.06. The maximum atomic E-state index is 14.7. The fourth-order valence-electron chi connectivity index (χ4n) is 3.46. The Morgan fingerprint density at radius 1 is 1.33 bits per heavy atom. The molecule has 0 aliphatic heterocycles. The van der Waals surface area contributed by atoms with Crippen LogP contribution in [-0.2, 0) is 16.1 Å². The molecule has 0 amide bonds. The molecule has 4 nitrogen and oxygen atoms in total.